The summed E-state index contributed by atoms with van der Waals surface area (Å²) < 4.78 is 7.90. The van der Waals surface area contributed by atoms with Crippen LogP contribution >= 0.6 is 0 Å². The molecule has 7 nitrogen and oxygen atoms in total. The van der Waals surface area contributed by atoms with Gasteiger partial charge in [0.1, 0.15) is 6.04 Å². The summed E-state index contributed by atoms with van der Waals surface area (Å²) in [5, 5.41) is 13.0. The molecule has 0 N–H and O–H groups in total. The number of amides is 1. The van der Waals surface area contributed by atoms with Gasteiger partial charge in [-0.05, 0) is 44.9 Å². The summed E-state index contributed by atoms with van der Waals surface area (Å²) in [5.74, 6) is 1.15. The third kappa shape index (κ3) is 4.39. The Morgan fingerprint density at radius 3 is 2.72 bits per heavy atom. The molecule has 3 aromatic rings. The zero-order chi connectivity index (χ0) is 20.2. The van der Waals surface area contributed by atoms with Crippen molar-refractivity contribution >= 4 is 5.91 Å². The van der Waals surface area contributed by atoms with Crippen molar-refractivity contribution in [3.8, 4) is 11.5 Å². The zero-order valence-corrected chi connectivity index (χ0v) is 17.0. The van der Waals surface area contributed by atoms with Crippen LogP contribution in [0.15, 0.2) is 40.8 Å². The molecule has 0 spiro atoms. The lowest BCUT2D eigenvalue weighted by molar-refractivity contribution is -0.134. The molecular weight excluding hydrogens is 366 g/mol. The molecule has 29 heavy (non-hydrogen) atoms. The normalized spacial score (nSPS) is 17.3. The van der Waals surface area contributed by atoms with E-state index in [1.807, 2.05) is 59.8 Å². The number of aromatic nitrogens is 4. The molecule has 0 radical (unpaired) electrons. The molecule has 4 rings (SSSR count). The van der Waals surface area contributed by atoms with Crippen LogP contribution in [0.5, 0.6) is 0 Å². The maximum absolute atomic E-state index is 13.1. The average molecular weight is 393 g/mol. The molecule has 0 bridgehead atoms. The number of carbonyl (C=O) groups is 1. The predicted molar refractivity (Wildman–Crippen MR) is 109 cm³/mol. The number of benzene rings is 1. The lowest BCUT2D eigenvalue weighted by Crippen LogP contribution is -2.35. The van der Waals surface area contributed by atoms with Crippen LogP contribution in [0.3, 0.4) is 0 Å². The van der Waals surface area contributed by atoms with Crippen molar-refractivity contribution in [1.82, 2.24) is 24.9 Å². The Morgan fingerprint density at radius 2 is 1.97 bits per heavy atom. The molecule has 7 heteroatoms. The summed E-state index contributed by atoms with van der Waals surface area (Å²) in [4.78, 5) is 15.0. The number of carbonyl (C=O) groups excluding carboxylic acids is 1. The van der Waals surface area contributed by atoms with Gasteiger partial charge in [0.05, 0.1) is 5.69 Å². The first kappa shape index (κ1) is 19.4. The van der Waals surface area contributed by atoms with E-state index in [1.165, 1.54) is 0 Å². The van der Waals surface area contributed by atoms with Crippen LogP contribution in [0.4, 0.5) is 0 Å². The van der Waals surface area contributed by atoms with Gasteiger partial charge in [0, 0.05) is 30.8 Å². The summed E-state index contributed by atoms with van der Waals surface area (Å²) >= 11 is 0. The number of likely N-dealkylation sites (tertiary alicyclic amines) is 1. The van der Waals surface area contributed by atoms with Gasteiger partial charge in [0.15, 0.2) is 0 Å². The van der Waals surface area contributed by atoms with Crippen molar-refractivity contribution in [2.75, 3.05) is 6.54 Å². The number of nitrogens with zero attached hydrogens (tertiary/aromatic N) is 5. The highest BCUT2D eigenvalue weighted by Gasteiger charge is 2.30. The monoisotopic (exact) mass is 393 g/mol. The Labute approximate surface area is 170 Å². The summed E-state index contributed by atoms with van der Waals surface area (Å²) in [6, 6.07) is 11.6. The van der Waals surface area contributed by atoms with Crippen molar-refractivity contribution in [2.45, 2.75) is 58.5 Å². The highest BCUT2D eigenvalue weighted by Crippen LogP contribution is 2.31. The Balaban J connectivity index is 1.50. The van der Waals surface area contributed by atoms with Gasteiger partial charge in [-0.3, -0.25) is 9.48 Å². The zero-order valence-electron chi connectivity index (χ0n) is 17.0. The van der Waals surface area contributed by atoms with Gasteiger partial charge in [0.25, 0.3) is 0 Å². The van der Waals surface area contributed by atoms with E-state index in [2.05, 4.69) is 15.3 Å². The Bertz CT molecular complexity index is 963. The fraction of sp³-hybridized carbons (Fsp3) is 0.455. The molecule has 152 valence electrons. The molecule has 1 amide bonds. The summed E-state index contributed by atoms with van der Waals surface area (Å²) in [7, 11) is 0. The number of hydrogen-bond donors (Lipinski definition) is 0. The highest BCUT2D eigenvalue weighted by atomic mass is 16.4. The van der Waals surface area contributed by atoms with Crippen LogP contribution in [0.25, 0.3) is 11.5 Å². The van der Waals surface area contributed by atoms with Gasteiger partial charge in [0.2, 0.25) is 17.7 Å². The first-order valence-corrected chi connectivity index (χ1v) is 10.3. The maximum atomic E-state index is 13.1. The van der Waals surface area contributed by atoms with Gasteiger partial charge >= 0.3 is 0 Å². The van der Waals surface area contributed by atoms with Gasteiger partial charge in [-0.2, -0.15) is 5.10 Å². The fourth-order valence-electron chi connectivity index (χ4n) is 3.98. The first-order chi connectivity index (χ1) is 14.1. The molecule has 3 heterocycles. The topological polar surface area (TPSA) is 77.0 Å². The molecular formula is C22H27N5O2. The van der Waals surface area contributed by atoms with Crippen LogP contribution in [-0.2, 0) is 11.3 Å². The lowest BCUT2D eigenvalue weighted by Gasteiger charge is -2.27. The van der Waals surface area contributed by atoms with Crippen LogP contribution in [-0.4, -0.2) is 37.3 Å². The molecule has 1 atom stereocenters. The van der Waals surface area contributed by atoms with E-state index in [4.69, 9.17) is 4.42 Å². The summed E-state index contributed by atoms with van der Waals surface area (Å²) in [6.45, 7) is 5.29. The van der Waals surface area contributed by atoms with E-state index < -0.39 is 0 Å². The lowest BCUT2D eigenvalue weighted by atomic mass is 10.1. The van der Waals surface area contributed by atoms with Gasteiger partial charge in [-0.25, -0.2) is 0 Å². The minimum Gasteiger partial charge on any atom is -0.418 e. The van der Waals surface area contributed by atoms with Crippen molar-refractivity contribution in [1.29, 1.82) is 0 Å². The number of hydrogen-bond acceptors (Lipinski definition) is 5. The van der Waals surface area contributed by atoms with E-state index in [0.29, 0.717) is 24.7 Å². The van der Waals surface area contributed by atoms with E-state index in [-0.39, 0.29) is 11.9 Å². The Kier molecular flexibility index (Phi) is 5.74. The van der Waals surface area contributed by atoms with E-state index in [0.717, 1.165) is 49.2 Å². The van der Waals surface area contributed by atoms with Crippen LogP contribution < -0.4 is 0 Å². The smallest absolute Gasteiger partial charge is 0.247 e. The standard InChI is InChI=1S/C22H27N5O2/c1-16-15-17(2)27(25-16)14-12-20(28)26-13-8-4-7-11-19(26)22-24-23-21(29-22)18-9-5-3-6-10-18/h3,5-6,9-10,15,19H,4,7-8,11-14H2,1-2H3. The molecule has 1 aliphatic rings. The molecule has 1 aliphatic heterocycles. The fourth-order valence-corrected chi connectivity index (χ4v) is 3.98. The molecule has 1 fully saturated rings. The number of rotatable bonds is 5. The average Bonchev–Trinajstić information content (AvgIpc) is 3.25. The first-order valence-electron chi connectivity index (χ1n) is 10.3. The van der Waals surface area contributed by atoms with E-state index >= 15 is 0 Å². The van der Waals surface area contributed by atoms with Crippen molar-refractivity contribution < 1.29 is 9.21 Å². The maximum Gasteiger partial charge on any atom is 0.247 e. The largest absolute Gasteiger partial charge is 0.418 e. The third-order valence-corrected chi connectivity index (χ3v) is 5.46. The van der Waals surface area contributed by atoms with Gasteiger partial charge in [-0.15, -0.1) is 10.2 Å². The second-order valence-electron chi connectivity index (χ2n) is 7.66. The van der Waals surface area contributed by atoms with E-state index in [1.54, 1.807) is 0 Å². The molecule has 0 saturated carbocycles. The molecule has 1 saturated heterocycles. The quantitative estimate of drug-likeness (QED) is 0.653. The van der Waals surface area contributed by atoms with Crippen molar-refractivity contribution in [2.24, 2.45) is 0 Å². The third-order valence-electron chi connectivity index (χ3n) is 5.46. The van der Waals surface area contributed by atoms with Crippen LogP contribution in [0, 0.1) is 13.8 Å². The highest BCUT2D eigenvalue weighted by molar-refractivity contribution is 5.76. The Hall–Kier alpha value is -2.96. The second kappa shape index (κ2) is 8.59. The SMILES string of the molecule is Cc1cc(C)n(CCC(=O)N2CCCCCC2c2nnc(-c3ccccc3)o2)n1. The van der Waals surface area contributed by atoms with Crippen LogP contribution in [0.1, 0.15) is 55.4 Å². The predicted octanol–water partition coefficient (Wildman–Crippen LogP) is 4.08. The van der Waals surface area contributed by atoms with Crippen LogP contribution in [0.2, 0.25) is 0 Å². The Morgan fingerprint density at radius 1 is 1.14 bits per heavy atom. The van der Waals surface area contributed by atoms with Gasteiger partial charge in [-0.1, -0.05) is 31.0 Å². The minimum atomic E-state index is -0.157. The summed E-state index contributed by atoms with van der Waals surface area (Å²) in [6.07, 6.45) is 4.43. The molecule has 1 aromatic carbocycles. The summed E-state index contributed by atoms with van der Waals surface area (Å²) in [5.41, 5.74) is 2.94. The molecule has 0 aliphatic carbocycles. The molecule has 2 aromatic heterocycles. The minimum absolute atomic E-state index is 0.115. The molecule has 1 unspecified atom stereocenters. The van der Waals surface area contributed by atoms with E-state index in [9.17, 15) is 4.79 Å². The van der Waals surface area contributed by atoms with Crippen molar-refractivity contribution in [3.05, 3.63) is 53.7 Å². The van der Waals surface area contributed by atoms with Gasteiger partial charge < -0.3 is 9.32 Å². The van der Waals surface area contributed by atoms with Crippen molar-refractivity contribution in [3.63, 3.8) is 0 Å². The number of aryl methyl sites for hydroxylation is 3. The second-order valence-corrected chi connectivity index (χ2v) is 7.66.